The summed E-state index contributed by atoms with van der Waals surface area (Å²) < 4.78 is 26.9. The maximum atomic E-state index is 12.7. The molecule has 2 saturated heterocycles. The Hall–Kier alpha value is -1.15. The monoisotopic (exact) mass is 385 g/mol. The quantitative estimate of drug-likeness (QED) is 0.623. The fourth-order valence-corrected chi connectivity index (χ4v) is 5.19. The molecule has 0 spiro atoms. The molecule has 1 aromatic carbocycles. The van der Waals surface area contributed by atoms with Gasteiger partial charge in [-0.2, -0.15) is 0 Å². The highest BCUT2D eigenvalue weighted by Crippen LogP contribution is 2.45. The van der Waals surface area contributed by atoms with E-state index < -0.39 is 10.0 Å². The van der Waals surface area contributed by atoms with Gasteiger partial charge in [-0.15, -0.1) is 0 Å². The number of rotatable bonds is 7. The highest BCUT2D eigenvalue weighted by molar-refractivity contribution is 7.89. The van der Waals surface area contributed by atoms with E-state index in [1.807, 2.05) is 6.92 Å². The molecule has 2 bridgehead atoms. The van der Waals surface area contributed by atoms with Gasteiger partial charge < -0.3 is 10.6 Å². The van der Waals surface area contributed by atoms with Gasteiger partial charge in [0, 0.05) is 30.2 Å². The minimum absolute atomic E-state index is 0.0281. The molecule has 2 fully saturated rings. The van der Waals surface area contributed by atoms with Gasteiger partial charge in [-0.3, -0.25) is 4.79 Å². The van der Waals surface area contributed by atoms with Crippen molar-refractivity contribution < 1.29 is 13.2 Å². The Morgan fingerprint density at radius 3 is 2.56 bits per heavy atom. The van der Waals surface area contributed by atoms with Crippen LogP contribution in [0.2, 0.25) is 5.02 Å². The standard InChI is InChI=1S/C17H24ClN3O3S/c1-2-17(11-13-5-8-15(17)21-13)16(22)19-9-10-20-25(23,24)14-6-3-12(18)4-7-14/h3-4,6-7,13,15,20-21H,2,5,8-11H2,1H3,(H,19,22)/t13-,15+,17+/m0/s1. The fraction of sp³-hybridized carbons (Fsp3) is 0.588. The number of benzene rings is 1. The second-order valence-electron chi connectivity index (χ2n) is 6.81. The molecule has 3 atom stereocenters. The van der Waals surface area contributed by atoms with Crippen molar-refractivity contribution >= 4 is 27.5 Å². The number of carbonyl (C=O) groups excluding carboxylic acids is 1. The van der Waals surface area contributed by atoms with Crippen LogP contribution in [-0.4, -0.2) is 39.5 Å². The van der Waals surface area contributed by atoms with Gasteiger partial charge in [0.1, 0.15) is 0 Å². The van der Waals surface area contributed by atoms with Crippen molar-refractivity contribution in [1.82, 2.24) is 15.4 Å². The Kier molecular flexibility index (Phi) is 5.39. The van der Waals surface area contributed by atoms with Crippen LogP contribution in [0.3, 0.4) is 0 Å². The molecule has 0 aliphatic carbocycles. The van der Waals surface area contributed by atoms with Crippen LogP contribution in [0.25, 0.3) is 0 Å². The largest absolute Gasteiger partial charge is 0.354 e. The third-order valence-electron chi connectivity index (χ3n) is 5.43. The molecule has 1 amide bonds. The summed E-state index contributed by atoms with van der Waals surface area (Å²) in [5.74, 6) is 0.0281. The first-order chi connectivity index (χ1) is 11.9. The van der Waals surface area contributed by atoms with Crippen LogP contribution in [0.5, 0.6) is 0 Å². The zero-order valence-electron chi connectivity index (χ0n) is 14.2. The average molecular weight is 386 g/mol. The Labute approximate surface area is 153 Å². The van der Waals surface area contributed by atoms with Gasteiger partial charge in [0.25, 0.3) is 0 Å². The van der Waals surface area contributed by atoms with Gasteiger partial charge in [-0.05, 0) is 49.9 Å². The van der Waals surface area contributed by atoms with E-state index in [-0.39, 0.29) is 35.3 Å². The first-order valence-electron chi connectivity index (χ1n) is 8.67. The molecular formula is C17H24ClN3O3S. The van der Waals surface area contributed by atoms with Crippen molar-refractivity contribution in [3.05, 3.63) is 29.3 Å². The Morgan fingerprint density at radius 2 is 2.00 bits per heavy atom. The number of hydrogen-bond donors (Lipinski definition) is 3. The number of carbonyl (C=O) groups is 1. The second-order valence-corrected chi connectivity index (χ2v) is 9.02. The third kappa shape index (κ3) is 3.69. The predicted octanol–water partition coefficient (Wildman–Crippen LogP) is 1.66. The average Bonchev–Trinajstić information content (AvgIpc) is 3.20. The summed E-state index contributed by atoms with van der Waals surface area (Å²) in [4.78, 5) is 12.8. The second kappa shape index (κ2) is 7.23. The minimum atomic E-state index is -3.60. The van der Waals surface area contributed by atoms with Gasteiger partial charge >= 0.3 is 0 Å². The maximum Gasteiger partial charge on any atom is 0.240 e. The van der Waals surface area contributed by atoms with Crippen LogP contribution in [0.1, 0.15) is 32.6 Å². The van der Waals surface area contributed by atoms with Crippen LogP contribution in [0, 0.1) is 5.41 Å². The van der Waals surface area contributed by atoms with E-state index in [9.17, 15) is 13.2 Å². The lowest BCUT2D eigenvalue weighted by Crippen LogP contribution is -2.49. The molecule has 0 saturated carbocycles. The SMILES string of the molecule is CC[C@@]1(C(=O)NCCNS(=O)(=O)c2ccc(Cl)cc2)C[C@@H]2CC[C@H]1N2. The first kappa shape index (κ1) is 18.6. The smallest absolute Gasteiger partial charge is 0.240 e. The summed E-state index contributed by atoms with van der Waals surface area (Å²) in [5, 5.41) is 6.90. The van der Waals surface area contributed by atoms with E-state index in [0.29, 0.717) is 11.1 Å². The van der Waals surface area contributed by atoms with Crippen molar-refractivity contribution in [1.29, 1.82) is 0 Å². The van der Waals surface area contributed by atoms with E-state index in [1.54, 1.807) is 0 Å². The lowest BCUT2D eigenvalue weighted by molar-refractivity contribution is -0.132. The summed E-state index contributed by atoms with van der Waals surface area (Å²) in [6.45, 7) is 2.47. The number of fused-ring (bicyclic) bond motifs is 2. The summed E-state index contributed by atoms with van der Waals surface area (Å²) >= 11 is 5.77. The Balaban J connectivity index is 1.51. The van der Waals surface area contributed by atoms with Crippen molar-refractivity contribution in [3.63, 3.8) is 0 Å². The molecular weight excluding hydrogens is 362 g/mol. The van der Waals surface area contributed by atoms with E-state index in [4.69, 9.17) is 11.6 Å². The number of halogens is 1. The third-order valence-corrected chi connectivity index (χ3v) is 7.16. The Morgan fingerprint density at radius 1 is 1.28 bits per heavy atom. The number of nitrogens with one attached hydrogen (secondary N) is 3. The first-order valence-corrected chi connectivity index (χ1v) is 10.5. The molecule has 3 N–H and O–H groups in total. The lowest BCUT2D eigenvalue weighted by atomic mass is 9.71. The molecule has 2 heterocycles. The van der Waals surface area contributed by atoms with Crippen molar-refractivity contribution in [2.75, 3.05) is 13.1 Å². The number of amides is 1. The Bertz CT molecular complexity index is 738. The summed E-state index contributed by atoms with van der Waals surface area (Å²) in [6, 6.07) is 6.66. The van der Waals surface area contributed by atoms with Gasteiger partial charge in [-0.25, -0.2) is 13.1 Å². The zero-order valence-corrected chi connectivity index (χ0v) is 15.8. The van der Waals surface area contributed by atoms with E-state index in [0.717, 1.165) is 25.7 Å². The number of hydrogen-bond acceptors (Lipinski definition) is 4. The van der Waals surface area contributed by atoms with Gasteiger partial charge in [-0.1, -0.05) is 18.5 Å². The minimum Gasteiger partial charge on any atom is -0.354 e. The molecule has 2 aliphatic rings. The van der Waals surface area contributed by atoms with Gasteiger partial charge in [0.15, 0.2) is 0 Å². The summed E-state index contributed by atoms with van der Waals surface area (Å²) in [7, 11) is -3.60. The zero-order chi connectivity index (χ0) is 18.1. The topological polar surface area (TPSA) is 87.3 Å². The molecule has 8 heteroatoms. The lowest BCUT2D eigenvalue weighted by Gasteiger charge is -2.34. The van der Waals surface area contributed by atoms with Gasteiger partial charge in [0.2, 0.25) is 15.9 Å². The molecule has 3 rings (SSSR count). The molecule has 6 nitrogen and oxygen atoms in total. The fourth-order valence-electron chi connectivity index (χ4n) is 4.03. The highest BCUT2D eigenvalue weighted by Gasteiger charge is 2.54. The molecule has 1 aromatic rings. The van der Waals surface area contributed by atoms with Crippen molar-refractivity contribution in [3.8, 4) is 0 Å². The molecule has 25 heavy (non-hydrogen) atoms. The molecule has 0 radical (unpaired) electrons. The predicted molar refractivity (Wildman–Crippen MR) is 96.9 cm³/mol. The molecule has 2 aliphatic heterocycles. The van der Waals surface area contributed by atoms with E-state index in [2.05, 4.69) is 15.4 Å². The maximum absolute atomic E-state index is 12.7. The normalized spacial score (nSPS) is 28.2. The van der Waals surface area contributed by atoms with Crippen LogP contribution >= 0.6 is 11.6 Å². The molecule has 138 valence electrons. The summed E-state index contributed by atoms with van der Waals surface area (Å²) in [6.07, 6.45) is 3.84. The highest BCUT2D eigenvalue weighted by atomic mass is 35.5. The van der Waals surface area contributed by atoms with Crippen molar-refractivity contribution in [2.45, 2.75) is 49.6 Å². The van der Waals surface area contributed by atoms with Crippen LogP contribution in [0.15, 0.2) is 29.2 Å². The molecule has 0 unspecified atom stereocenters. The number of sulfonamides is 1. The van der Waals surface area contributed by atoms with Gasteiger partial charge in [0.05, 0.1) is 10.3 Å². The van der Waals surface area contributed by atoms with Crippen LogP contribution in [-0.2, 0) is 14.8 Å². The summed E-state index contributed by atoms with van der Waals surface area (Å²) in [5.41, 5.74) is -0.349. The van der Waals surface area contributed by atoms with E-state index >= 15 is 0 Å². The molecule has 0 aromatic heterocycles. The van der Waals surface area contributed by atoms with Crippen molar-refractivity contribution in [2.24, 2.45) is 5.41 Å². The van der Waals surface area contributed by atoms with E-state index in [1.165, 1.54) is 24.3 Å². The van der Waals surface area contributed by atoms with Crippen LogP contribution < -0.4 is 15.4 Å². The van der Waals surface area contributed by atoms with Crippen LogP contribution in [0.4, 0.5) is 0 Å².